The van der Waals surface area contributed by atoms with E-state index >= 15 is 0 Å². The van der Waals surface area contributed by atoms with Crippen molar-refractivity contribution in [1.29, 1.82) is 5.26 Å². The highest BCUT2D eigenvalue weighted by Gasteiger charge is 2.25. The third-order valence-electron chi connectivity index (χ3n) is 4.87. The molecule has 0 spiro atoms. The van der Waals surface area contributed by atoms with Crippen LogP contribution in [0.3, 0.4) is 0 Å². The first kappa shape index (κ1) is 21.8. The zero-order valence-electron chi connectivity index (χ0n) is 16.5. The van der Waals surface area contributed by atoms with Gasteiger partial charge in [-0.05, 0) is 35.4 Å². The van der Waals surface area contributed by atoms with E-state index in [0.717, 1.165) is 16.9 Å². The Labute approximate surface area is 179 Å². The van der Waals surface area contributed by atoms with Crippen LogP contribution < -0.4 is 4.72 Å². The summed E-state index contributed by atoms with van der Waals surface area (Å²) in [5.74, 6) is -1.09. The van der Waals surface area contributed by atoms with E-state index in [1.807, 2.05) is 19.1 Å². The quantitative estimate of drug-likeness (QED) is 0.554. The average molecular weight is 444 g/mol. The van der Waals surface area contributed by atoms with Crippen molar-refractivity contribution in [2.24, 2.45) is 7.05 Å². The number of sulfonamides is 1. The fourth-order valence-electron chi connectivity index (χ4n) is 3.45. The number of carboxylic acids is 1. The Morgan fingerprint density at radius 1 is 1.27 bits per heavy atom. The van der Waals surface area contributed by atoms with Gasteiger partial charge >= 0.3 is 5.97 Å². The summed E-state index contributed by atoms with van der Waals surface area (Å²) < 4.78 is 28.7. The number of aromatic carboxylic acids is 1. The molecule has 0 aliphatic heterocycles. The topological polar surface area (TPSA) is 112 Å². The van der Waals surface area contributed by atoms with Crippen LogP contribution in [0.4, 0.5) is 0 Å². The normalized spacial score (nSPS) is 11.4. The molecule has 0 saturated carbocycles. The van der Waals surface area contributed by atoms with E-state index < -0.39 is 16.0 Å². The second kappa shape index (κ2) is 8.83. The predicted octanol–water partition coefficient (Wildman–Crippen LogP) is 3.41. The first-order valence-corrected chi connectivity index (χ1v) is 11.6. The van der Waals surface area contributed by atoms with Gasteiger partial charge in [0.05, 0.1) is 5.56 Å². The van der Waals surface area contributed by atoms with Crippen LogP contribution in [0.15, 0.2) is 46.0 Å². The molecule has 156 valence electrons. The monoisotopic (exact) mass is 443 g/mol. The van der Waals surface area contributed by atoms with Crippen molar-refractivity contribution in [3.05, 3.63) is 64.3 Å². The molecule has 0 radical (unpaired) electrons. The Bertz CT molecular complexity index is 1200. The maximum absolute atomic E-state index is 12.2. The zero-order valence-corrected chi connectivity index (χ0v) is 18.2. The van der Waals surface area contributed by atoms with Crippen molar-refractivity contribution in [2.45, 2.75) is 24.0 Å². The zero-order chi connectivity index (χ0) is 21.9. The lowest BCUT2D eigenvalue weighted by molar-refractivity contribution is 0.0687. The Morgan fingerprint density at radius 3 is 2.50 bits per heavy atom. The summed E-state index contributed by atoms with van der Waals surface area (Å²) in [5.41, 5.74) is 3.08. The van der Waals surface area contributed by atoms with Crippen molar-refractivity contribution in [3.63, 3.8) is 0 Å². The molecular weight excluding hydrogens is 422 g/mol. The molecular formula is C21H21N3O4S2. The maximum Gasteiger partial charge on any atom is 0.353 e. The van der Waals surface area contributed by atoms with E-state index in [9.17, 15) is 23.6 Å². The molecule has 0 saturated heterocycles. The minimum atomic E-state index is -3.50. The number of nitriles is 1. The van der Waals surface area contributed by atoms with Gasteiger partial charge in [-0.3, -0.25) is 0 Å². The molecule has 1 aromatic carbocycles. The molecule has 3 aromatic rings. The molecule has 30 heavy (non-hydrogen) atoms. The SMILES string of the molecule is CCc1c(C#N)c(-c2ccc(CCNS(=O)(=O)c3cccs3)cc2)c(C(=O)O)n1C. The van der Waals surface area contributed by atoms with Crippen molar-refractivity contribution < 1.29 is 18.3 Å². The van der Waals surface area contributed by atoms with Crippen molar-refractivity contribution in [3.8, 4) is 17.2 Å². The molecule has 0 aliphatic rings. The molecule has 3 rings (SSSR count). The molecule has 2 heterocycles. The Hall–Kier alpha value is -2.93. The van der Waals surface area contributed by atoms with Gasteiger partial charge in [0.1, 0.15) is 16.0 Å². The molecule has 0 atom stereocenters. The highest BCUT2D eigenvalue weighted by molar-refractivity contribution is 7.91. The molecule has 0 unspecified atom stereocenters. The van der Waals surface area contributed by atoms with Gasteiger partial charge in [0.15, 0.2) is 0 Å². The van der Waals surface area contributed by atoms with E-state index in [1.165, 1.54) is 0 Å². The summed E-state index contributed by atoms with van der Waals surface area (Å²) in [7, 11) is -1.85. The van der Waals surface area contributed by atoms with Crippen molar-refractivity contribution in [2.75, 3.05) is 6.54 Å². The molecule has 0 amide bonds. The van der Waals surface area contributed by atoms with Crippen LogP contribution >= 0.6 is 11.3 Å². The van der Waals surface area contributed by atoms with Crippen LogP contribution in [0.25, 0.3) is 11.1 Å². The Kier molecular flexibility index (Phi) is 6.41. The van der Waals surface area contributed by atoms with Crippen LogP contribution in [0.2, 0.25) is 0 Å². The number of nitrogens with zero attached hydrogens (tertiary/aromatic N) is 2. The van der Waals surface area contributed by atoms with E-state index in [2.05, 4.69) is 10.8 Å². The summed E-state index contributed by atoms with van der Waals surface area (Å²) in [5, 5.41) is 21.0. The summed E-state index contributed by atoms with van der Waals surface area (Å²) in [6.07, 6.45) is 1.03. The van der Waals surface area contributed by atoms with Crippen LogP contribution in [0.5, 0.6) is 0 Å². The van der Waals surface area contributed by atoms with Gasteiger partial charge in [0, 0.05) is 24.8 Å². The maximum atomic E-state index is 12.2. The number of rotatable bonds is 8. The Morgan fingerprint density at radius 2 is 1.97 bits per heavy atom. The number of nitrogens with one attached hydrogen (secondary N) is 1. The molecule has 7 nitrogen and oxygen atoms in total. The summed E-state index contributed by atoms with van der Waals surface area (Å²) in [6.45, 7) is 2.13. The number of hydrogen-bond donors (Lipinski definition) is 2. The molecule has 0 bridgehead atoms. The third kappa shape index (κ3) is 4.16. The second-order valence-electron chi connectivity index (χ2n) is 6.65. The first-order chi connectivity index (χ1) is 14.3. The highest BCUT2D eigenvalue weighted by atomic mass is 32.2. The largest absolute Gasteiger partial charge is 0.477 e. The minimum absolute atomic E-state index is 0.0832. The van der Waals surface area contributed by atoms with Crippen LogP contribution in [0.1, 0.15) is 34.2 Å². The second-order valence-corrected chi connectivity index (χ2v) is 9.59. The number of thiophene rings is 1. The number of carboxylic acid groups (broad SMARTS) is 1. The summed E-state index contributed by atoms with van der Waals surface area (Å²) >= 11 is 1.16. The molecule has 9 heteroatoms. The lowest BCUT2D eigenvalue weighted by atomic mass is 9.98. The highest BCUT2D eigenvalue weighted by Crippen LogP contribution is 2.32. The fourth-order valence-corrected chi connectivity index (χ4v) is 5.52. The fraction of sp³-hybridized carbons (Fsp3) is 0.238. The number of carbonyl (C=O) groups is 1. The van der Waals surface area contributed by atoms with E-state index in [-0.39, 0.29) is 16.4 Å². The van der Waals surface area contributed by atoms with Crippen LogP contribution in [-0.4, -0.2) is 30.6 Å². The first-order valence-electron chi connectivity index (χ1n) is 9.27. The third-order valence-corrected chi connectivity index (χ3v) is 7.73. The van der Waals surface area contributed by atoms with Gasteiger partial charge in [-0.2, -0.15) is 5.26 Å². The van der Waals surface area contributed by atoms with E-state index in [0.29, 0.717) is 35.2 Å². The lowest BCUT2D eigenvalue weighted by Crippen LogP contribution is -2.25. The van der Waals surface area contributed by atoms with Gasteiger partial charge < -0.3 is 9.67 Å². The smallest absolute Gasteiger partial charge is 0.353 e. The van der Waals surface area contributed by atoms with Gasteiger partial charge in [-0.15, -0.1) is 11.3 Å². The van der Waals surface area contributed by atoms with Gasteiger partial charge in [0.25, 0.3) is 0 Å². The van der Waals surface area contributed by atoms with Crippen molar-refractivity contribution in [1.82, 2.24) is 9.29 Å². The minimum Gasteiger partial charge on any atom is -0.477 e. The number of benzene rings is 1. The lowest BCUT2D eigenvalue weighted by Gasteiger charge is -2.07. The van der Waals surface area contributed by atoms with E-state index in [4.69, 9.17) is 0 Å². The van der Waals surface area contributed by atoms with Gasteiger partial charge in [-0.1, -0.05) is 37.3 Å². The molecule has 2 aromatic heterocycles. The summed E-state index contributed by atoms with van der Waals surface area (Å²) in [6, 6.07) is 12.6. The number of aromatic nitrogens is 1. The average Bonchev–Trinajstić information content (AvgIpc) is 3.35. The molecule has 2 N–H and O–H groups in total. The van der Waals surface area contributed by atoms with Gasteiger partial charge in [0.2, 0.25) is 10.0 Å². The number of hydrogen-bond acceptors (Lipinski definition) is 5. The predicted molar refractivity (Wildman–Crippen MR) is 115 cm³/mol. The standard InChI is InChI=1S/C21H21N3O4S2/c1-3-17-16(13-22)19(20(21(25)26)24(17)2)15-8-6-14(7-9-15)10-11-23-30(27,28)18-5-4-12-29-18/h4-9,12,23H,3,10-11H2,1-2H3,(H,25,26). The molecule has 0 fully saturated rings. The van der Waals surface area contributed by atoms with E-state index in [1.54, 1.807) is 41.3 Å². The Balaban J connectivity index is 1.81. The van der Waals surface area contributed by atoms with Crippen LogP contribution in [-0.2, 0) is 29.9 Å². The van der Waals surface area contributed by atoms with Gasteiger partial charge in [-0.25, -0.2) is 17.9 Å². The molecule has 0 aliphatic carbocycles. The van der Waals surface area contributed by atoms with Crippen molar-refractivity contribution >= 4 is 27.3 Å². The summed E-state index contributed by atoms with van der Waals surface area (Å²) in [4.78, 5) is 11.8. The van der Waals surface area contributed by atoms with Crippen LogP contribution in [0, 0.1) is 11.3 Å².